The van der Waals surface area contributed by atoms with Crippen molar-refractivity contribution in [2.45, 2.75) is 45.3 Å². The van der Waals surface area contributed by atoms with E-state index in [1.54, 1.807) is 20.8 Å². The second-order valence-corrected chi connectivity index (χ2v) is 6.54. The molecule has 1 aromatic rings. The van der Waals surface area contributed by atoms with Gasteiger partial charge in [0, 0.05) is 16.7 Å². The van der Waals surface area contributed by atoms with Gasteiger partial charge < -0.3 is 14.8 Å². The Balaban J connectivity index is 2.87. The molecular weight excluding hydrogens is 368 g/mol. The largest absolute Gasteiger partial charge is 0.481 e. The predicted molar refractivity (Wildman–Crippen MR) is 94.5 cm³/mol. The molecule has 0 fully saturated rings. The molecule has 0 heterocycles. The van der Waals surface area contributed by atoms with E-state index in [9.17, 15) is 18.4 Å². The summed E-state index contributed by atoms with van der Waals surface area (Å²) < 4.78 is 35.8. The van der Waals surface area contributed by atoms with Crippen molar-refractivity contribution >= 4 is 23.5 Å². The van der Waals surface area contributed by atoms with Crippen LogP contribution in [0, 0.1) is 0 Å². The van der Waals surface area contributed by atoms with Crippen LogP contribution in [-0.4, -0.2) is 30.6 Å². The van der Waals surface area contributed by atoms with Crippen LogP contribution >= 0.6 is 11.6 Å². The van der Waals surface area contributed by atoms with Gasteiger partial charge in [-0.05, 0) is 38.5 Å². The SMILES string of the molecule is CC[C@@H](Oc1cc(Cl)cc(C(F)F)c1)C(=O)NC(C)(C)/C=C/C(=O)OC. The van der Waals surface area contributed by atoms with Crippen molar-refractivity contribution in [3.8, 4) is 5.75 Å². The van der Waals surface area contributed by atoms with E-state index >= 15 is 0 Å². The van der Waals surface area contributed by atoms with Crippen LogP contribution in [0.15, 0.2) is 30.4 Å². The summed E-state index contributed by atoms with van der Waals surface area (Å²) in [5.41, 5.74) is -1.13. The normalized spacial score (nSPS) is 12.9. The van der Waals surface area contributed by atoms with Crippen LogP contribution in [0.25, 0.3) is 0 Å². The van der Waals surface area contributed by atoms with Gasteiger partial charge in [-0.25, -0.2) is 13.6 Å². The fraction of sp³-hybridized carbons (Fsp3) is 0.444. The Morgan fingerprint density at radius 2 is 1.96 bits per heavy atom. The quantitative estimate of drug-likeness (QED) is 0.538. The highest BCUT2D eigenvalue weighted by atomic mass is 35.5. The standard InChI is InChI=1S/C18H22ClF2NO4/c1-5-14(17(24)22-18(2,3)7-6-15(23)25-4)26-13-9-11(16(20)21)8-12(19)10-13/h6-10,14,16H,5H2,1-4H3,(H,22,24)/b7-6+/t14-/m1/s1. The van der Waals surface area contributed by atoms with Crippen LogP contribution in [0.4, 0.5) is 8.78 Å². The fourth-order valence-electron chi connectivity index (χ4n) is 2.05. The van der Waals surface area contributed by atoms with Crippen LogP contribution in [0.2, 0.25) is 5.02 Å². The third kappa shape index (κ3) is 7.00. The van der Waals surface area contributed by atoms with E-state index in [2.05, 4.69) is 10.1 Å². The molecule has 144 valence electrons. The molecule has 0 spiro atoms. The van der Waals surface area contributed by atoms with E-state index in [-0.39, 0.29) is 16.3 Å². The molecule has 0 saturated heterocycles. The highest BCUT2D eigenvalue weighted by Crippen LogP contribution is 2.28. The van der Waals surface area contributed by atoms with E-state index in [4.69, 9.17) is 16.3 Å². The topological polar surface area (TPSA) is 64.6 Å². The minimum atomic E-state index is -2.70. The average molecular weight is 390 g/mol. The molecule has 0 aromatic heterocycles. The molecule has 0 aliphatic carbocycles. The number of rotatable bonds is 8. The Hall–Kier alpha value is -2.15. The number of ether oxygens (including phenoxy) is 2. The van der Waals surface area contributed by atoms with Gasteiger partial charge in [-0.2, -0.15) is 0 Å². The van der Waals surface area contributed by atoms with Gasteiger partial charge >= 0.3 is 5.97 Å². The minimum Gasteiger partial charge on any atom is -0.481 e. The van der Waals surface area contributed by atoms with Crippen molar-refractivity contribution in [2.75, 3.05) is 7.11 Å². The number of methoxy groups -OCH3 is 1. The maximum absolute atomic E-state index is 12.9. The Morgan fingerprint density at radius 3 is 2.50 bits per heavy atom. The van der Waals surface area contributed by atoms with Gasteiger partial charge in [0.1, 0.15) is 5.75 Å². The van der Waals surface area contributed by atoms with Crippen LogP contribution in [0.5, 0.6) is 5.75 Å². The molecule has 1 rings (SSSR count). The van der Waals surface area contributed by atoms with Gasteiger partial charge in [0.25, 0.3) is 12.3 Å². The molecular formula is C18H22ClF2NO4. The third-order valence-electron chi connectivity index (χ3n) is 3.37. The van der Waals surface area contributed by atoms with Crippen LogP contribution in [0.1, 0.15) is 39.2 Å². The number of amides is 1. The summed E-state index contributed by atoms with van der Waals surface area (Å²) in [6.45, 7) is 5.09. The first-order valence-electron chi connectivity index (χ1n) is 7.92. The Labute approximate surface area is 156 Å². The number of benzene rings is 1. The third-order valence-corrected chi connectivity index (χ3v) is 3.59. The maximum atomic E-state index is 12.9. The van der Waals surface area contributed by atoms with Gasteiger partial charge in [-0.3, -0.25) is 4.79 Å². The molecule has 0 unspecified atom stereocenters. The molecule has 1 N–H and O–H groups in total. The molecule has 0 radical (unpaired) electrons. The molecule has 0 aliphatic heterocycles. The molecule has 8 heteroatoms. The fourth-order valence-corrected chi connectivity index (χ4v) is 2.28. The lowest BCUT2D eigenvalue weighted by Crippen LogP contribution is -2.48. The van der Waals surface area contributed by atoms with Crippen LogP contribution < -0.4 is 10.1 Å². The number of halogens is 3. The first-order chi connectivity index (χ1) is 12.1. The number of carbonyl (C=O) groups is 2. The molecule has 5 nitrogen and oxygen atoms in total. The van der Waals surface area contributed by atoms with E-state index in [0.717, 1.165) is 12.1 Å². The molecule has 26 heavy (non-hydrogen) atoms. The van der Waals surface area contributed by atoms with Gasteiger partial charge in [0.15, 0.2) is 6.10 Å². The number of hydrogen-bond donors (Lipinski definition) is 1. The van der Waals surface area contributed by atoms with Gasteiger partial charge in [0.2, 0.25) is 0 Å². The number of alkyl halides is 2. The lowest BCUT2D eigenvalue weighted by atomic mass is 10.0. The Morgan fingerprint density at radius 1 is 1.31 bits per heavy atom. The van der Waals surface area contributed by atoms with Crippen LogP contribution in [-0.2, 0) is 14.3 Å². The van der Waals surface area contributed by atoms with Gasteiger partial charge in [-0.15, -0.1) is 0 Å². The number of hydrogen-bond acceptors (Lipinski definition) is 4. The Kier molecular flexibility index (Phi) is 8.02. The van der Waals surface area contributed by atoms with Crippen molar-refractivity contribution in [2.24, 2.45) is 0 Å². The minimum absolute atomic E-state index is 0.0812. The summed E-state index contributed by atoms with van der Waals surface area (Å²) in [7, 11) is 1.25. The van der Waals surface area contributed by atoms with Crippen LogP contribution in [0.3, 0.4) is 0 Å². The van der Waals surface area contributed by atoms with Crippen molar-refractivity contribution < 1.29 is 27.8 Å². The molecule has 1 atom stereocenters. The first kappa shape index (κ1) is 21.9. The summed E-state index contributed by atoms with van der Waals surface area (Å²) in [5, 5.41) is 2.81. The van der Waals surface area contributed by atoms with Gasteiger partial charge in [-0.1, -0.05) is 24.6 Å². The van der Waals surface area contributed by atoms with Crippen molar-refractivity contribution in [1.29, 1.82) is 0 Å². The lowest BCUT2D eigenvalue weighted by molar-refractivity contribution is -0.135. The second-order valence-electron chi connectivity index (χ2n) is 6.10. The molecule has 1 amide bonds. The number of nitrogens with one attached hydrogen (secondary N) is 1. The summed E-state index contributed by atoms with van der Waals surface area (Å²) in [5.74, 6) is -0.919. The van der Waals surface area contributed by atoms with E-state index in [1.807, 2.05) is 0 Å². The monoisotopic (exact) mass is 389 g/mol. The maximum Gasteiger partial charge on any atom is 0.330 e. The highest BCUT2D eigenvalue weighted by molar-refractivity contribution is 6.30. The predicted octanol–water partition coefficient (Wildman–Crippen LogP) is 4.06. The first-order valence-corrected chi connectivity index (χ1v) is 8.30. The average Bonchev–Trinajstić information content (AvgIpc) is 2.56. The highest BCUT2D eigenvalue weighted by Gasteiger charge is 2.25. The molecule has 1 aromatic carbocycles. The zero-order chi connectivity index (χ0) is 19.9. The number of carbonyl (C=O) groups excluding carboxylic acids is 2. The molecule has 0 saturated carbocycles. The summed E-state index contributed by atoms with van der Waals surface area (Å²) >= 11 is 5.82. The molecule has 0 bridgehead atoms. The van der Waals surface area contributed by atoms with E-state index < -0.39 is 29.9 Å². The summed E-state index contributed by atoms with van der Waals surface area (Å²) in [4.78, 5) is 23.6. The van der Waals surface area contributed by atoms with E-state index in [1.165, 1.54) is 25.3 Å². The Bertz CT molecular complexity index is 677. The van der Waals surface area contributed by atoms with Gasteiger partial charge in [0.05, 0.1) is 12.6 Å². The summed E-state index contributed by atoms with van der Waals surface area (Å²) in [6.07, 6.45) is -0.623. The number of esters is 1. The van der Waals surface area contributed by atoms with Crippen molar-refractivity contribution in [3.63, 3.8) is 0 Å². The van der Waals surface area contributed by atoms with Crippen molar-refractivity contribution in [1.82, 2.24) is 5.32 Å². The summed E-state index contributed by atoms with van der Waals surface area (Å²) in [6, 6.07) is 3.65. The second kappa shape index (κ2) is 9.52. The van der Waals surface area contributed by atoms with E-state index in [0.29, 0.717) is 6.42 Å². The zero-order valence-corrected chi connectivity index (χ0v) is 15.8. The smallest absolute Gasteiger partial charge is 0.330 e. The van der Waals surface area contributed by atoms with Crippen molar-refractivity contribution in [3.05, 3.63) is 40.9 Å². The molecule has 0 aliphatic rings. The zero-order valence-electron chi connectivity index (χ0n) is 15.0. The lowest BCUT2D eigenvalue weighted by Gasteiger charge is -2.26.